The predicted octanol–water partition coefficient (Wildman–Crippen LogP) is 2.21. The molecular formula is C20H17NO4. The van der Waals surface area contributed by atoms with Crippen LogP contribution >= 0.6 is 0 Å². The molecule has 1 spiro atoms. The molecule has 0 aromatic heterocycles. The summed E-state index contributed by atoms with van der Waals surface area (Å²) in [6, 6.07) is 14.1. The number of aliphatic carboxylic acids is 1. The maximum absolute atomic E-state index is 13.0. The van der Waals surface area contributed by atoms with E-state index in [0.29, 0.717) is 13.1 Å². The lowest BCUT2D eigenvalue weighted by molar-refractivity contribution is -0.148. The molecule has 0 aliphatic carbocycles. The van der Waals surface area contributed by atoms with Gasteiger partial charge in [-0.05, 0) is 16.3 Å². The number of rotatable bonds is 3. The summed E-state index contributed by atoms with van der Waals surface area (Å²) in [6.45, 7) is 0.878. The first-order valence-corrected chi connectivity index (χ1v) is 8.44. The lowest BCUT2D eigenvalue weighted by Crippen LogP contribution is -2.39. The Bertz CT molecular complexity index is 931. The van der Waals surface area contributed by atoms with Crippen LogP contribution in [-0.2, 0) is 20.9 Å². The third-order valence-electron chi connectivity index (χ3n) is 5.71. The van der Waals surface area contributed by atoms with Gasteiger partial charge in [0.2, 0.25) is 5.91 Å². The van der Waals surface area contributed by atoms with E-state index in [1.807, 2.05) is 48.5 Å². The Morgan fingerprint density at radius 3 is 2.88 bits per heavy atom. The van der Waals surface area contributed by atoms with Gasteiger partial charge in [-0.3, -0.25) is 9.59 Å². The number of ether oxygens (including phenoxy) is 1. The highest BCUT2D eigenvalue weighted by molar-refractivity contribution is 5.91. The van der Waals surface area contributed by atoms with E-state index >= 15 is 0 Å². The minimum Gasteiger partial charge on any atom is -0.481 e. The molecule has 5 heteroatoms. The summed E-state index contributed by atoms with van der Waals surface area (Å²) >= 11 is 0. The van der Waals surface area contributed by atoms with Crippen molar-refractivity contribution in [1.29, 1.82) is 0 Å². The maximum Gasteiger partial charge on any atom is 0.310 e. The van der Waals surface area contributed by atoms with Crippen molar-refractivity contribution >= 4 is 22.6 Å². The van der Waals surface area contributed by atoms with Crippen molar-refractivity contribution in [2.24, 2.45) is 11.8 Å². The van der Waals surface area contributed by atoms with E-state index in [1.54, 1.807) is 11.0 Å². The first kappa shape index (κ1) is 14.7. The number of hydrogen-bond acceptors (Lipinski definition) is 3. The fraction of sp³-hybridized carbons (Fsp3) is 0.300. The molecule has 3 aliphatic rings. The summed E-state index contributed by atoms with van der Waals surface area (Å²) in [7, 11) is 0. The molecule has 2 saturated heterocycles. The highest BCUT2D eigenvalue weighted by Gasteiger charge is 2.66. The van der Waals surface area contributed by atoms with Crippen LogP contribution in [0.1, 0.15) is 5.56 Å². The van der Waals surface area contributed by atoms with E-state index < -0.39 is 29.5 Å². The Kier molecular flexibility index (Phi) is 2.89. The van der Waals surface area contributed by atoms with Crippen LogP contribution in [0.5, 0.6) is 0 Å². The molecule has 2 aromatic carbocycles. The average molecular weight is 335 g/mol. The average Bonchev–Trinajstić information content (AvgIpc) is 3.24. The molecule has 2 bridgehead atoms. The quantitative estimate of drug-likeness (QED) is 0.874. The van der Waals surface area contributed by atoms with Gasteiger partial charge in [0.1, 0.15) is 11.5 Å². The summed E-state index contributed by atoms with van der Waals surface area (Å²) in [6.07, 6.45) is 3.21. The monoisotopic (exact) mass is 335 g/mol. The molecule has 0 radical (unpaired) electrons. The first-order chi connectivity index (χ1) is 12.1. The van der Waals surface area contributed by atoms with Gasteiger partial charge in [-0.1, -0.05) is 54.6 Å². The van der Waals surface area contributed by atoms with Gasteiger partial charge in [-0.2, -0.15) is 0 Å². The normalized spacial score (nSPS) is 32.6. The molecule has 5 rings (SSSR count). The number of carboxylic acids is 1. The number of benzene rings is 2. The van der Waals surface area contributed by atoms with Gasteiger partial charge in [0.05, 0.1) is 18.6 Å². The van der Waals surface area contributed by atoms with Crippen molar-refractivity contribution in [1.82, 2.24) is 4.90 Å². The van der Waals surface area contributed by atoms with Gasteiger partial charge in [0.25, 0.3) is 0 Å². The Hall–Kier alpha value is -2.66. The van der Waals surface area contributed by atoms with Crippen LogP contribution in [-0.4, -0.2) is 40.1 Å². The summed E-state index contributed by atoms with van der Waals surface area (Å²) in [5.41, 5.74) is 0.295. The van der Waals surface area contributed by atoms with Crippen LogP contribution < -0.4 is 0 Å². The molecule has 126 valence electrons. The highest BCUT2D eigenvalue weighted by atomic mass is 16.5. The number of hydrogen-bond donors (Lipinski definition) is 1. The van der Waals surface area contributed by atoms with Crippen LogP contribution in [0.3, 0.4) is 0 Å². The number of likely N-dealkylation sites (tertiary alicyclic amines) is 1. The zero-order valence-electron chi connectivity index (χ0n) is 13.5. The van der Waals surface area contributed by atoms with Crippen LogP contribution in [0, 0.1) is 11.8 Å². The Morgan fingerprint density at radius 1 is 1.24 bits per heavy atom. The fourth-order valence-corrected chi connectivity index (χ4v) is 4.63. The summed E-state index contributed by atoms with van der Waals surface area (Å²) < 4.78 is 5.93. The number of amides is 1. The van der Waals surface area contributed by atoms with Gasteiger partial charge in [0.15, 0.2) is 0 Å². The van der Waals surface area contributed by atoms with Crippen LogP contribution in [0.25, 0.3) is 10.8 Å². The van der Waals surface area contributed by atoms with Crippen molar-refractivity contribution in [3.63, 3.8) is 0 Å². The van der Waals surface area contributed by atoms with Crippen LogP contribution in [0.15, 0.2) is 54.6 Å². The molecule has 3 aliphatic heterocycles. The van der Waals surface area contributed by atoms with E-state index in [4.69, 9.17) is 4.74 Å². The fourth-order valence-electron chi connectivity index (χ4n) is 4.63. The van der Waals surface area contributed by atoms with E-state index in [0.717, 1.165) is 16.3 Å². The van der Waals surface area contributed by atoms with E-state index in [2.05, 4.69) is 0 Å². The minimum atomic E-state index is -0.957. The van der Waals surface area contributed by atoms with Crippen molar-refractivity contribution in [2.45, 2.75) is 18.2 Å². The van der Waals surface area contributed by atoms with Crippen LogP contribution in [0.2, 0.25) is 0 Å². The molecule has 5 nitrogen and oxygen atoms in total. The highest BCUT2D eigenvalue weighted by Crippen LogP contribution is 2.52. The van der Waals surface area contributed by atoms with E-state index in [9.17, 15) is 14.7 Å². The molecule has 3 heterocycles. The Balaban J connectivity index is 1.50. The van der Waals surface area contributed by atoms with Crippen molar-refractivity contribution in [3.8, 4) is 0 Å². The second kappa shape index (κ2) is 4.92. The lowest BCUT2D eigenvalue weighted by Gasteiger charge is -2.22. The number of nitrogens with zero attached hydrogens (tertiary/aromatic N) is 1. The second-order valence-electron chi connectivity index (χ2n) is 7.07. The molecule has 4 atom stereocenters. The number of carboxylic acid groups (broad SMARTS) is 1. The van der Waals surface area contributed by atoms with Crippen LogP contribution in [0.4, 0.5) is 0 Å². The smallest absolute Gasteiger partial charge is 0.310 e. The predicted molar refractivity (Wildman–Crippen MR) is 90.7 cm³/mol. The maximum atomic E-state index is 13.0. The van der Waals surface area contributed by atoms with Crippen molar-refractivity contribution in [2.75, 3.05) is 6.54 Å². The largest absolute Gasteiger partial charge is 0.481 e. The van der Waals surface area contributed by atoms with Gasteiger partial charge in [-0.15, -0.1) is 0 Å². The van der Waals surface area contributed by atoms with Gasteiger partial charge >= 0.3 is 5.97 Å². The summed E-state index contributed by atoms with van der Waals surface area (Å²) in [5, 5.41) is 11.8. The SMILES string of the molecule is O=C(O)[C@@H]1[C@H]2C(=O)N(Cc3cccc4ccccc34)C[C@]23C=C[C@H]1O3. The van der Waals surface area contributed by atoms with Gasteiger partial charge in [0, 0.05) is 6.54 Å². The number of carbonyl (C=O) groups excluding carboxylic acids is 1. The number of carbonyl (C=O) groups is 2. The zero-order chi connectivity index (χ0) is 17.2. The molecule has 25 heavy (non-hydrogen) atoms. The van der Waals surface area contributed by atoms with E-state index in [-0.39, 0.29) is 5.91 Å². The molecule has 2 aromatic rings. The summed E-state index contributed by atoms with van der Waals surface area (Å²) in [4.78, 5) is 26.4. The summed E-state index contributed by atoms with van der Waals surface area (Å²) in [5.74, 6) is -2.47. The molecule has 1 N–H and O–H groups in total. The third kappa shape index (κ3) is 1.93. The van der Waals surface area contributed by atoms with Gasteiger partial charge in [-0.25, -0.2) is 0 Å². The molecular weight excluding hydrogens is 318 g/mol. The lowest BCUT2D eigenvalue weighted by atomic mass is 9.77. The van der Waals surface area contributed by atoms with Crippen molar-refractivity contribution < 1.29 is 19.4 Å². The minimum absolute atomic E-state index is 0.118. The first-order valence-electron chi connectivity index (χ1n) is 8.44. The molecule has 1 amide bonds. The number of fused-ring (bicyclic) bond motifs is 2. The molecule has 0 unspecified atom stereocenters. The standard InChI is InChI=1S/C20H17NO4/c22-18-17-16(19(23)24)15-8-9-20(17,25-15)11-21(18)10-13-6-3-5-12-4-1-2-7-14(12)13/h1-9,15-17H,10-11H2,(H,23,24)/t15-,16+,17+,20-/m1/s1. The Labute approximate surface area is 144 Å². The van der Waals surface area contributed by atoms with Gasteiger partial charge < -0.3 is 14.7 Å². The topological polar surface area (TPSA) is 66.8 Å². The third-order valence-corrected chi connectivity index (χ3v) is 5.71. The molecule has 0 saturated carbocycles. The van der Waals surface area contributed by atoms with Crippen molar-refractivity contribution in [3.05, 3.63) is 60.2 Å². The van der Waals surface area contributed by atoms with E-state index in [1.165, 1.54) is 0 Å². The zero-order valence-corrected chi connectivity index (χ0v) is 13.5. The molecule has 2 fully saturated rings. The second-order valence-corrected chi connectivity index (χ2v) is 7.07. The Morgan fingerprint density at radius 2 is 2.04 bits per heavy atom.